The van der Waals surface area contributed by atoms with E-state index in [0.717, 1.165) is 0 Å². The first-order valence-electron chi connectivity index (χ1n) is 7.97. The van der Waals surface area contributed by atoms with Gasteiger partial charge >= 0.3 is 12.0 Å². The average Bonchev–Trinajstić information content (AvgIpc) is 3.07. The van der Waals surface area contributed by atoms with Gasteiger partial charge in [-0.1, -0.05) is 25.4 Å². The fourth-order valence-electron chi connectivity index (χ4n) is 2.05. The highest BCUT2D eigenvalue weighted by atomic mass is 16.5. The minimum absolute atomic E-state index is 0.0119. The van der Waals surface area contributed by atoms with Crippen LogP contribution in [0.3, 0.4) is 0 Å². The number of nitrogens with zero attached hydrogens (tertiary/aromatic N) is 2. The Labute approximate surface area is 149 Å². The second kappa shape index (κ2) is 9.68. The first kappa shape index (κ1) is 21.3. The zero-order chi connectivity index (χ0) is 19.9. The third-order valence-corrected chi connectivity index (χ3v) is 3.76. The molecule has 146 valence electrons. The molecule has 0 bridgehead atoms. The van der Waals surface area contributed by atoms with Crippen LogP contribution in [-0.4, -0.2) is 50.9 Å². The van der Waals surface area contributed by atoms with Gasteiger partial charge < -0.3 is 36.8 Å². The molecule has 12 heteroatoms. The van der Waals surface area contributed by atoms with E-state index in [2.05, 4.69) is 20.8 Å². The number of rotatable bonds is 10. The Hall–Kier alpha value is -2.73. The van der Waals surface area contributed by atoms with Gasteiger partial charge in [-0.05, 0) is 5.92 Å². The molecule has 0 fully saturated rings. The fourth-order valence-corrected chi connectivity index (χ4v) is 2.05. The van der Waals surface area contributed by atoms with Gasteiger partial charge in [-0.15, -0.1) is 0 Å². The van der Waals surface area contributed by atoms with Crippen LogP contribution in [0.15, 0.2) is 4.52 Å². The summed E-state index contributed by atoms with van der Waals surface area (Å²) >= 11 is 0. The first-order valence-corrected chi connectivity index (χ1v) is 7.97. The molecule has 0 aliphatic rings. The van der Waals surface area contributed by atoms with Crippen LogP contribution in [0.5, 0.6) is 0 Å². The maximum atomic E-state index is 12.1. The number of carboxylic acids is 1. The van der Waals surface area contributed by atoms with Crippen LogP contribution in [0.1, 0.15) is 50.5 Å². The number of aliphatic hydroxyl groups is 1. The summed E-state index contributed by atoms with van der Waals surface area (Å²) in [6.45, 7) is 3.05. The number of carbonyl (C=O) groups excluding carboxylic acids is 2. The molecule has 4 atom stereocenters. The molecule has 0 spiro atoms. The molecule has 0 saturated carbocycles. The molecule has 26 heavy (non-hydrogen) atoms. The Balaban J connectivity index is 2.90. The predicted molar refractivity (Wildman–Crippen MR) is 87.4 cm³/mol. The summed E-state index contributed by atoms with van der Waals surface area (Å²) in [6, 6.07) is -3.92. The Morgan fingerprint density at radius 1 is 1.31 bits per heavy atom. The summed E-state index contributed by atoms with van der Waals surface area (Å²) < 4.78 is 4.95. The highest BCUT2D eigenvalue weighted by Gasteiger charge is 2.29. The topological polar surface area (TPSA) is 207 Å². The van der Waals surface area contributed by atoms with E-state index in [1.54, 1.807) is 13.8 Å². The van der Waals surface area contributed by atoms with Crippen LogP contribution in [0, 0.1) is 5.92 Å². The largest absolute Gasteiger partial charge is 0.480 e. The monoisotopic (exact) mass is 372 g/mol. The summed E-state index contributed by atoms with van der Waals surface area (Å²) in [5.41, 5.74) is 10.7. The van der Waals surface area contributed by atoms with Crippen molar-refractivity contribution in [3.8, 4) is 0 Å². The van der Waals surface area contributed by atoms with E-state index in [0.29, 0.717) is 6.42 Å². The van der Waals surface area contributed by atoms with E-state index in [9.17, 15) is 19.5 Å². The maximum Gasteiger partial charge on any atom is 0.326 e. The van der Waals surface area contributed by atoms with Gasteiger partial charge in [-0.25, -0.2) is 9.59 Å². The molecule has 1 unspecified atom stereocenters. The SMILES string of the molecule is CCC(C)[C@H](NC(=O)N[C@@H](CC(N)=O)c1nc([C@@H](N)CO)no1)C(=O)O. The molecule has 0 aliphatic heterocycles. The summed E-state index contributed by atoms with van der Waals surface area (Å²) in [5.74, 6) is -2.41. The van der Waals surface area contributed by atoms with Crippen LogP contribution in [0.2, 0.25) is 0 Å². The van der Waals surface area contributed by atoms with Gasteiger partial charge in [0.05, 0.1) is 19.1 Å². The average molecular weight is 372 g/mol. The Morgan fingerprint density at radius 2 is 1.96 bits per heavy atom. The molecule has 1 heterocycles. The summed E-state index contributed by atoms with van der Waals surface area (Å²) in [7, 11) is 0. The molecule has 12 nitrogen and oxygen atoms in total. The van der Waals surface area contributed by atoms with Crippen LogP contribution < -0.4 is 22.1 Å². The van der Waals surface area contributed by atoms with E-state index in [1.807, 2.05) is 0 Å². The number of aromatic nitrogens is 2. The second-order valence-corrected chi connectivity index (χ2v) is 5.82. The standard InChI is InChI=1S/C14H24N6O6/c1-3-6(2)10(13(23)24)18-14(25)17-8(4-9(16)22)12-19-11(20-26-12)7(15)5-21/h6-8,10,21H,3-5,15H2,1-2H3,(H2,16,22)(H,23,24)(H2,17,18,25)/t6?,7-,8-,10-/m0/s1. The summed E-state index contributed by atoms with van der Waals surface area (Å²) in [6.07, 6.45) is 0.179. The molecule has 0 aliphatic carbocycles. The number of urea groups is 1. The number of hydrogen-bond acceptors (Lipinski definition) is 8. The highest BCUT2D eigenvalue weighted by Crippen LogP contribution is 2.17. The number of nitrogens with two attached hydrogens (primary N) is 2. The lowest BCUT2D eigenvalue weighted by atomic mass is 9.99. The van der Waals surface area contributed by atoms with E-state index in [-0.39, 0.29) is 24.1 Å². The molecule has 0 aromatic carbocycles. The van der Waals surface area contributed by atoms with Crippen molar-refractivity contribution < 1.29 is 29.1 Å². The van der Waals surface area contributed by atoms with Gasteiger partial charge in [-0.2, -0.15) is 4.98 Å². The summed E-state index contributed by atoms with van der Waals surface area (Å²) in [4.78, 5) is 38.6. The fraction of sp³-hybridized carbons (Fsp3) is 0.643. The Kier molecular flexibility index (Phi) is 7.93. The first-order chi connectivity index (χ1) is 12.2. The normalized spacial score (nSPS) is 15.5. The molecule has 0 saturated heterocycles. The molecule has 0 radical (unpaired) electrons. The lowest BCUT2D eigenvalue weighted by Crippen LogP contribution is -2.50. The van der Waals surface area contributed by atoms with Crippen molar-refractivity contribution in [2.45, 2.75) is 44.8 Å². The van der Waals surface area contributed by atoms with Crippen molar-refractivity contribution in [2.24, 2.45) is 17.4 Å². The van der Waals surface area contributed by atoms with Gasteiger partial charge in [0.2, 0.25) is 11.8 Å². The molecule has 1 aromatic heterocycles. The van der Waals surface area contributed by atoms with Crippen molar-refractivity contribution in [2.75, 3.05) is 6.61 Å². The van der Waals surface area contributed by atoms with Crippen LogP contribution in [0.25, 0.3) is 0 Å². The van der Waals surface area contributed by atoms with Gasteiger partial charge in [-0.3, -0.25) is 4.79 Å². The predicted octanol–water partition coefficient (Wildman–Crippen LogP) is -1.22. The van der Waals surface area contributed by atoms with Crippen LogP contribution in [-0.2, 0) is 9.59 Å². The van der Waals surface area contributed by atoms with Gasteiger partial charge in [0.15, 0.2) is 5.82 Å². The molecular weight excluding hydrogens is 348 g/mol. The van der Waals surface area contributed by atoms with Crippen LogP contribution in [0.4, 0.5) is 4.79 Å². The van der Waals surface area contributed by atoms with E-state index in [4.69, 9.17) is 21.1 Å². The molecule has 1 aromatic rings. The third-order valence-electron chi connectivity index (χ3n) is 3.76. The number of aliphatic carboxylic acids is 1. The minimum Gasteiger partial charge on any atom is -0.480 e. The number of aliphatic hydroxyl groups excluding tert-OH is 1. The van der Waals surface area contributed by atoms with Crippen molar-refractivity contribution in [3.05, 3.63) is 11.7 Å². The molecule has 8 N–H and O–H groups in total. The zero-order valence-corrected chi connectivity index (χ0v) is 14.5. The van der Waals surface area contributed by atoms with E-state index < -0.39 is 42.6 Å². The molecule has 3 amide bonds. The number of hydrogen-bond donors (Lipinski definition) is 6. The molecule has 1 rings (SSSR count). The highest BCUT2D eigenvalue weighted by molar-refractivity contribution is 5.83. The third kappa shape index (κ3) is 5.97. The quantitative estimate of drug-likeness (QED) is 0.290. The van der Waals surface area contributed by atoms with Crippen molar-refractivity contribution in [1.29, 1.82) is 0 Å². The van der Waals surface area contributed by atoms with Crippen molar-refractivity contribution in [3.63, 3.8) is 0 Å². The Bertz CT molecular complexity index is 635. The zero-order valence-electron chi connectivity index (χ0n) is 14.5. The van der Waals surface area contributed by atoms with Crippen LogP contribution >= 0.6 is 0 Å². The minimum atomic E-state index is -1.19. The number of carbonyl (C=O) groups is 3. The van der Waals surface area contributed by atoms with Gasteiger partial charge in [0.25, 0.3) is 0 Å². The lowest BCUT2D eigenvalue weighted by Gasteiger charge is -2.22. The molecular formula is C14H24N6O6. The summed E-state index contributed by atoms with van der Waals surface area (Å²) in [5, 5.41) is 26.5. The van der Waals surface area contributed by atoms with E-state index in [1.165, 1.54) is 0 Å². The van der Waals surface area contributed by atoms with E-state index >= 15 is 0 Å². The van der Waals surface area contributed by atoms with Crippen molar-refractivity contribution >= 4 is 17.9 Å². The maximum absolute atomic E-state index is 12.1. The Morgan fingerprint density at radius 3 is 2.46 bits per heavy atom. The second-order valence-electron chi connectivity index (χ2n) is 5.82. The van der Waals surface area contributed by atoms with Gasteiger partial charge in [0, 0.05) is 0 Å². The van der Waals surface area contributed by atoms with Gasteiger partial charge in [0.1, 0.15) is 12.1 Å². The lowest BCUT2D eigenvalue weighted by molar-refractivity contribution is -0.140. The smallest absolute Gasteiger partial charge is 0.326 e. The number of carboxylic acid groups (broad SMARTS) is 1. The number of nitrogens with one attached hydrogen (secondary N) is 2. The van der Waals surface area contributed by atoms with Crippen molar-refractivity contribution in [1.82, 2.24) is 20.8 Å². The number of amides is 3. The number of primary amides is 1.